The van der Waals surface area contributed by atoms with Crippen LogP contribution in [0.2, 0.25) is 5.15 Å². The minimum atomic E-state index is -0.773. The van der Waals surface area contributed by atoms with Crippen molar-refractivity contribution in [2.45, 2.75) is 6.54 Å². The fourth-order valence-corrected chi connectivity index (χ4v) is 1.87. The van der Waals surface area contributed by atoms with Gasteiger partial charge in [-0.3, -0.25) is 0 Å². The molecule has 4 nitrogen and oxygen atoms in total. The predicted octanol–water partition coefficient (Wildman–Crippen LogP) is 3.64. The molecule has 7 heteroatoms. The van der Waals surface area contributed by atoms with E-state index in [1.54, 1.807) is 12.1 Å². The Morgan fingerprint density at radius 2 is 1.76 bits per heavy atom. The fraction of sp³-hybridized carbons (Fsp3) is 0.214. The molecule has 0 saturated heterocycles. The van der Waals surface area contributed by atoms with Crippen LogP contribution in [0.5, 0.6) is 11.5 Å². The lowest BCUT2D eigenvalue weighted by atomic mass is 10.1. The molecule has 2 rings (SSSR count). The first-order valence-electron chi connectivity index (χ1n) is 6.01. The van der Waals surface area contributed by atoms with Crippen molar-refractivity contribution >= 4 is 17.3 Å². The number of pyridine rings is 1. The van der Waals surface area contributed by atoms with Crippen LogP contribution < -0.4 is 14.8 Å². The van der Waals surface area contributed by atoms with Gasteiger partial charge in [0.1, 0.15) is 5.15 Å². The molecule has 0 amide bonds. The number of nitrogens with one attached hydrogen (secondary N) is 1. The molecule has 1 N–H and O–H groups in total. The summed E-state index contributed by atoms with van der Waals surface area (Å²) in [6.45, 7) is -0.0888. The van der Waals surface area contributed by atoms with Crippen molar-refractivity contribution < 1.29 is 18.3 Å². The van der Waals surface area contributed by atoms with E-state index < -0.39 is 11.6 Å². The van der Waals surface area contributed by atoms with Gasteiger partial charge in [0.25, 0.3) is 0 Å². The average Bonchev–Trinajstić information content (AvgIpc) is 2.49. The Bertz CT molecular complexity index is 608. The highest BCUT2D eigenvalue weighted by Gasteiger charge is 2.19. The zero-order valence-corrected chi connectivity index (χ0v) is 12.2. The van der Waals surface area contributed by atoms with Gasteiger partial charge < -0.3 is 14.8 Å². The van der Waals surface area contributed by atoms with Gasteiger partial charge in [0.15, 0.2) is 23.1 Å². The lowest BCUT2D eigenvalue weighted by Gasteiger charge is -2.13. The summed E-state index contributed by atoms with van der Waals surface area (Å²) < 4.78 is 38.0. The van der Waals surface area contributed by atoms with Crippen LogP contribution in [0.4, 0.5) is 14.5 Å². The highest BCUT2D eigenvalue weighted by molar-refractivity contribution is 6.29. The summed E-state index contributed by atoms with van der Waals surface area (Å²) in [5.74, 6) is -1.71. The molecule has 2 aromatic rings. The molecule has 112 valence electrons. The van der Waals surface area contributed by atoms with Crippen LogP contribution in [0.1, 0.15) is 5.56 Å². The van der Waals surface area contributed by atoms with Gasteiger partial charge in [-0.1, -0.05) is 11.6 Å². The molecule has 0 atom stereocenters. The Balaban J connectivity index is 2.28. The number of aromatic nitrogens is 1. The van der Waals surface area contributed by atoms with Crippen LogP contribution in [-0.2, 0) is 6.54 Å². The van der Waals surface area contributed by atoms with Crippen LogP contribution in [0.25, 0.3) is 0 Å². The van der Waals surface area contributed by atoms with Crippen molar-refractivity contribution in [3.05, 3.63) is 46.7 Å². The highest BCUT2D eigenvalue weighted by Crippen LogP contribution is 2.31. The third kappa shape index (κ3) is 3.33. The number of anilines is 1. The Morgan fingerprint density at radius 3 is 2.24 bits per heavy atom. The third-order valence-electron chi connectivity index (χ3n) is 2.86. The standard InChI is InChI=1S/C14H13ClF2N2O2/c1-20-10-5-11(21-2)14(17)9(13(10)16)7-18-8-3-4-12(15)19-6-8/h3-6,18H,7H2,1-2H3. The van der Waals surface area contributed by atoms with Gasteiger partial charge in [0, 0.05) is 12.6 Å². The highest BCUT2D eigenvalue weighted by atomic mass is 35.5. The summed E-state index contributed by atoms with van der Waals surface area (Å²) >= 11 is 5.67. The molecule has 1 aromatic carbocycles. The second-order valence-electron chi connectivity index (χ2n) is 4.11. The van der Waals surface area contributed by atoms with E-state index in [1.807, 2.05) is 0 Å². The van der Waals surface area contributed by atoms with Crippen LogP contribution in [0, 0.1) is 11.6 Å². The number of rotatable bonds is 5. The maximum absolute atomic E-state index is 14.1. The van der Waals surface area contributed by atoms with E-state index in [9.17, 15) is 8.78 Å². The molecular weight excluding hydrogens is 302 g/mol. The normalized spacial score (nSPS) is 10.3. The van der Waals surface area contributed by atoms with E-state index >= 15 is 0 Å². The number of methoxy groups -OCH3 is 2. The second-order valence-corrected chi connectivity index (χ2v) is 4.50. The van der Waals surface area contributed by atoms with Gasteiger partial charge in [-0.2, -0.15) is 0 Å². The summed E-state index contributed by atoms with van der Waals surface area (Å²) in [4.78, 5) is 3.87. The number of benzene rings is 1. The zero-order valence-electron chi connectivity index (χ0n) is 11.4. The van der Waals surface area contributed by atoms with Gasteiger partial charge in [-0.25, -0.2) is 13.8 Å². The van der Waals surface area contributed by atoms with Gasteiger partial charge in [0.2, 0.25) is 0 Å². The molecule has 0 saturated carbocycles. The van der Waals surface area contributed by atoms with Crippen molar-refractivity contribution in [1.82, 2.24) is 4.98 Å². The topological polar surface area (TPSA) is 43.4 Å². The minimum absolute atomic E-state index is 0.0840. The molecule has 0 unspecified atom stereocenters. The summed E-state index contributed by atoms with van der Waals surface area (Å²) in [5.41, 5.74) is 0.404. The van der Waals surface area contributed by atoms with Crippen LogP contribution in [0.15, 0.2) is 24.4 Å². The first-order chi connectivity index (χ1) is 10.1. The van der Waals surface area contributed by atoms with Crippen molar-refractivity contribution in [2.24, 2.45) is 0 Å². The van der Waals surface area contributed by atoms with E-state index in [0.717, 1.165) is 6.07 Å². The Kier molecular flexibility index (Phi) is 4.80. The quantitative estimate of drug-likeness (QED) is 0.856. The summed E-state index contributed by atoms with van der Waals surface area (Å²) in [6.07, 6.45) is 1.47. The fourth-order valence-electron chi connectivity index (χ4n) is 1.76. The van der Waals surface area contributed by atoms with Gasteiger partial charge >= 0.3 is 0 Å². The van der Waals surface area contributed by atoms with Crippen LogP contribution >= 0.6 is 11.6 Å². The predicted molar refractivity (Wildman–Crippen MR) is 76.0 cm³/mol. The molecule has 0 fully saturated rings. The maximum atomic E-state index is 14.1. The van der Waals surface area contributed by atoms with Gasteiger partial charge in [0.05, 0.1) is 31.7 Å². The van der Waals surface area contributed by atoms with Crippen LogP contribution in [-0.4, -0.2) is 19.2 Å². The van der Waals surface area contributed by atoms with Crippen LogP contribution in [0.3, 0.4) is 0 Å². The van der Waals surface area contributed by atoms with E-state index in [0.29, 0.717) is 10.8 Å². The molecule has 0 aliphatic heterocycles. The number of halogens is 3. The van der Waals surface area contributed by atoms with Crippen molar-refractivity contribution in [1.29, 1.82) is 0 Å². The zero-order chi connectivity index (χ0) is 15.4. The number of ether oxygens (including phenoxy) is 2. The summed E-state index contributed by atoms with van der Waals surface area (Å²) in [5, 5.41) is 3.19. The molecular formula is C14H13ClF2N2O2. The van der Waals surface area contributed by atoms with Crippen molar-refractivity contribution in [2.75, 3.05) is 19.5 Å². The molecule has 0 bridgehead atoms. The number of hydrogen-bond acceptors (Lipinski definition) is 4. The first kappa shape index (κ1) is 15.3. The van der Waals surface area contributed by atoms with E-state index in [4.69, 9.17) is 21.1 Å². The number of nitrogens with zero attached hydrogens (tertiary/aromatic N) is 1. The SMILES string of the molecule is COc1cc(OC)c(F)c(CNc2ccc(Cl)nc2)c1F. The van der Waals surface area contributed by atoms with E-state index in [2.05, 4.69) is 10.3 Å². The molecule has 0 aliphatic rings. The molecule has 0 aliphatic carbocycles. The van der Waals surface area contributed by atoms with Gasteiger partial charge in [-0.05, 0) is 12.1 Å². The lowest BCUT2D eigenvalue weighted by molar-refractivity contribution is 0.354. The van der Waals surface area contributed by atoms with E-state index in [1.165, 1.54) is 20.4 Å². The average molecular weight is 315 g/mol. The van der Waals surface area contributed by atoms with E-state index in [-0.39, 0.29) is 23.6 Å². The molecule has 1 aromatic heterocycles. The van der Waals surface area contributed by atoms with Gasteiger partial charge in [-0.15, -0.1) is 0 Å². The lowest BCUT2D eigenvalue weighted by Crippen LogP contribution is -2.08. The Labute approximate surface area is 125 Å². The third-order valence-corrected chi connectivity index (χ3v) is 3.08. The van der Waals surface area contributed by atoms with Crippen molar-refractivity contribution in [3.63, 3.8) is 0 Å². The molecule has 0 spiro atoms. The summed E-state index contributed by atoms with van der Waals surface area (Å²) in [6, 6.07) is 4.39. The smallest absolute Gasteiger partial charge is 0.173 e. The monoisotopic (exact) mass is 314 g/mol. The number of hydrogen-bond donors (Lipinski definition) is 1. The minimum Gasteiger partial charge on any atom is -0.494 e. The molecule has 0 radical (unpaired) electrons. The first-order valence-corrected chi connectivity index (χ1v) is 6.39. The van der Waals surface area contributed by atoms with Crippen molar-refractivity contribution in [3.8, 4) is 11.5 Å². The Hall–Kier alpha value is -2.08. The molecule has 21 heavy (non-hydrogen) atoms. The molecule has 1 heterocycles. The largest absolute Gasteiger partial charge is 0.494 e. The Morgan fingerprint density at radius 1 is 1.14 bits per heavy atom. The second kappa shape index (κ2) is 6.58. The summed E-state index contributed by atoms with van der Waals surface area (Å²) in [7, 11) is 2.60. The maximum Gasteiger partial charge on any atom is 0.173 e.